The van der Waals surface area contributed by atoms with Crippen LogP contribution in [0, 0.1) is 0 Å². The first kappa shape index (κ1) is 13.8. The van der Waals surface area contributed by atoms with Gasteiger partial charge in [0.05, 0.1) is 0 Å². The summed E-state index contributed by atoms with van der Waals surface area (Å²) in [5, 5.41) is 3.29. The lowest BCUT2D eigenvalue weighted by atomic mass is 10.1. The molecule has 0 unspecified atom stereocenters. The molecule has 1 nitrogen and oxygen atoms in total. The summed E-state index contributed by atoms with van der Waals surface area (Å²) in [6.07, 6.45) is 1.39. The lowest BCUT2D eigenvalue weighted by Gasteiger charge is -2.18. The Morgan fingerprint density at radius 3 is 2.59 bits per heavy atom. The fraction of sp³-hybridized carbons (Fsp3) is 0.429. The summed E-state index contributed by atoms with van der Waals surface area (Å²) in [6, 6.07) is 6.42. The van der Waals surface area contributed by atoms with Crippen LogP contribution in [0.2, 0.25) is 0 Å². The Kier molecular flexibility index (Phi) is 4.82. The number of hydrogen-bond donors (Lipinski definition) is 1. The maximum atomic E-state index is 12.5. The van der Waals surface area contributed by atoms with Crippen LogP contribution in [0.4, 0.5) is 8.78 Å². The Morgan fingerprint density at radius 2 is 2.00 bits per heavy atom. The summed E-state index contributed by atoms with van der Waals surface area (Å²) in [4.78, 5) is 0. The van der Waals surface area contributed by atoms with Crippen molar-refractivity contribution in [2.24, 2.45) is 0 Å². The van der Waals surface area contributed by atoms with Gasteiger partial charge in [0.15, 0.2) is 0 Å². The van der Waals surface area contributed by atoms with Gasteiger partial charge in [-0.1, -0.05) is 30.4 Å². The van der Waals surface area contributed by atoms with Crippen LogP contribution in [-0.4, -0.2) is 12.1 Å². The van der Waals surface area contributed by atoms with E-state index in [9.17, 15) is 8.78 Å². The minimum absolute atomic E-state index is 0.0646. The average molecular weight is 239 g/mol. The van der Waals surface area contributed by atoms with Crippen LogP contribution in [-0.2, 0) is 0 Å². The molecule has 0 saturated heterocycles. The van der Waals surface area contributed by atoms with Crippen molar-refractivity contribution in [1.29, 1.82) is 0 Å². The monoisotopic (exact) mass is 239 g/mol. The van der Waals surface area contributed by atoms with Crippen LogP contribution < -0.4 is 5.32 Å². The van der Waals surface area contributed by atoms with E-state index in [0.29, 0.717) is 0 Å². The van der Waals surface area contributed by atoms with Gasteiger partial charge in [-0.3, -0.25) is 0 Å². The molecular formula is C14H19F2N. The van der Waals surface area contributed by atoms with Gasteiger partial charge in [-0.25, -0.2) is 8.78 Å². The standard InChI is InChI=1S/C14H19F2N/c1-14(2,3)17-9-5-7-11-6-4-8-12(10-11)13(15)16/h4-8,10,13,17H,9H2,1-3H3/b7-5+. The van der Waals surface area contributed by atoms with Crippen molar-refractivity contribution >= 4 is 6.08 Å². The second kappa shape index (κ2) is 5.92. The Balaban J connectivity index is 2.56. The van der Waals surface area contributed by atoms with Gasteiger partial charge >= 0.3 is 0 Å². The van der Waals surface area contributed by atoms with Crippen molar-refractivity contribution in [3.8, 4) is 0 Å². The Bertz CT molecular complexity index is 378. The second-order valence-corrected chi connectivity index (χ2v) is 5.00. The molecule has 1 rings (SSSR count). The number of rotatable bonds is 4. The number of hydrogen-bond acceptors (Lipinski definition) is 1. The second-order valence-electron chi connectivity index (χ2n) is 5.00. The molecule has 0 saturated carbocycles. The van der Waals surface area contributed by atoms with Gasteiger partial charge in [0.25, 0.3) is 6.43 Å². The van der Waals surface area contributed by atoms with E-state index in [1.54, 1.807) is 6.07 Å². The first-order chi connectivity index (χ1) is 7.88. The Hall–Kier alpha value is -1.22. The van der Waals surface area contributed by atoms with E-state index in [-0.39, 0.29) is 11.1 Å². The predicted octanol–water partition coefficient (Wildman–Crippen LogP) is 4.03. The van der Waals surface area contributed by atoms with Crippen LogP contribution >= 0.6 is 0 Å². The number of benzene rings is 1. The largest absolute Gasteiger partial charge is 0.309 e. The number of halogens is 2. The molecular weight excluding hydrogens is 220 g/mol. The molecule has 0 amide bonds. The smallest absolute Gasteiger partial charge is 0.263 e. The minimum atomic E-state index is -2.41. The number of alkyl halides is 2. The van der Waals surface area contributed by atoms with E-state index in [0.717, 1.165) is 12.1 Å². The fourth-order valence-corrected chi connectivity index (χ4v) is 1.36. The molecule has 0 fully saturated rings. The lowest BCUT2D eigenvalue weighted by molar-refractivity contribution is 0.151. The highest BCUT2D eigenvalue weighted by Gasteiger charge is 2.07. The van der Waals surface area contributed by atoms with Crippen molar-refractivity contribution in [3.63, 3.8) is 0 Å². The minimum Gasteiger partial charge on any atom is -0.309 e. The molecule has 0 spiro atoms. The maximum Gasteiger partial charge on any atom is 0.263 e. The van der Waals surface area contributed by atoms with Crippen LogP contribution in [0.5, 0.6) is 0 Å². The first-order valence-corrected chi connectivity index (χ1v) is 5.68. The Labute approximate surface area is 102 Å². The van der Waals surface area contributed by atoms with Crippen molar-refractivity contribution in [1.82, 2.24) is 5.32 Å². The summed E-state index contributed by atoms with van der Waals surface area (Å²) < 4.78 is 24.9. The molecule has 0 aromatic heterocycles. The van der Waals surface area contributed by atoms with Crippen LogP contribution in [0.1, 0.15) is 38.3 Å². The summed E-state index contributed by atoms with van der Waals surface area (Å²) in [5.74, 6) is 0. The molecule has 0 aliphatic rings. The van der Waals surface area contributed by atoms with Gasteiger partial charge < -0.3 is 5.32 Å². The van der Waals surface area contributed by atoms with Gasteiger partial charge in [-0.15, -0.1) is 0 Å². The molecule has 0 radical (unpaired) electrons. The summed E-state index contributed by atoms with van der Waals surface area (Å²) in [5.41, 5.74) is 0.934. The zero-order valence-electron chi connectivity index (χ0n) is 10.5. The third-order valence-electron chi connectivity index (χ3n) is 2.22. The van der Waals surface area contributed by atoms with Crippen LogP contribution in [0.25, 0.3) is 6.08 Å². The van der Waals surface area contributed by atoms with Gasteiger partial charge in [0, 0.05) is 17.6 Å². The van der Waals surface area contributed by atoms with E-state index in [1.807, 2.05) is 18.2 Å². The average Bonchev–Trinajstić information content (AvgIpc) is 2.23. The molecule has 1 aromatic carbocycles. The summed E-state index contributed by atoms with van der Waals surface area (Å²) in [7, 11) is 0. The van der Waals surface area contributed by atoms with Gasteiger partial charge in [0.1, 0.15) is 0 Å². The molecule has 0 aliphatic carbocycles. The topological polar surface area (TPSA) is 12.0 Å². The third-order valence-corrected chi connectivity index (χ3v) is 2.22. The van der Waals surface area contributed by atoms with E-state index in [1.165, 1.54) is 12.1 Å². The van der Waals surface area contributed by atoms with Crippen molar-refractivity contribution in [2.45, 2.75) is 32.7 Å². The zero-order valence-corrected chi connectivity index (χ0v) is 10.5. The van der Waals surface area contributed by atoms with Crippen molar-refractivity contribution in [2.75, 3.05) is 6.54 Å². The normalized spacial score (nSPS) is 12.6. The highest BCUT2D eigenvalue weighted by atomic mass is 19.3. The van der Waals surface area contributed by atoms with Crippen molar-refractivity contribution < 1.29 is 8.78 Å². The molecule has 0 bridgehead atoms. The van der Waals surface area contributed by atoms with E-state index in [2.05, 4.69) is 26.1 Å². The lowest BCUT2D eigenvalue weighted by Crippen LogP contribution is -2.35. The first-order valence-electron chi connectivity index (χ1n) is 5.68. The molecule has 0 aliphatic heterocycles. The van der Waals surface area contributed by atoms with Gasteiger partial charge in [-0.2, -0.15) is 0 Å². The predicted molar refractivity (Wildman–Crippen MR) is 68.2 cm³/mol. The summed E-state index contributed by atoms with van der Waals surface area (Å²) in [6.45, 7) is 6.97. The zero-order chi connectivity index (χ0) is 12.9. The van der Waals surface area contributed by atoms with E-state index >= 15 is 0 Å². The highest BCUT2D eigenvalue weighted by Crippen LogP contribution is 2.19. The third kappa shape index (κ3) is 5.59. The van der Waals surface area contributed by atoms with E-state index in [4.69, 9.17) is 0 Å². The SMILES string of the molecule is CC(C)(C)NC/C=C/c1cccc(C(F)F)c1. The van der Waals surface area contributed by atoms with Gasteiger partial charge in [-0.05, 0) is 32.4 Å². The maximum absolute atomic E-state index is 12.5. The molecule has 3 heteroatoms. The number of nitrogens with one attached hydrogen (secondary N) is 1. The molecule has 1 aromatic rings. The molecule has 94 valence electrons. The van der Waals surface area contributed by atoms with Crippen molar-refractivity contribution in [3.05, 3.63) is 41.5 Å². The van der Waals surface area contributed by atoms with Crippen LogP contribution in [0.15, 0.2) is 30.3 Å². The molecule has 0 heterocycles. The van der Waals surface area contributed by atoms with Gasteiger partial charge in [0.2, 0.25) is 0 Å². The molecule has 1 N–H and O–H groups in total. The molecule has 0 atom stereocenters. The summed E-state index contributed by atoms with van der Waals surface area (Å²) >= 11 is 0. The van der Waals surface area contributed by atoms with Crippen LogP contribution in [0.3, 0.4) is 0 Å². The highest BCUT2D eigenvalue weighted by molar-refractivity contribution is 5.50. The Morgan fingerprint density at radius 1 is 1.29 bits per heavy atom. The fourth-order valence-electron chi connectivity index (χ4n) is 1.36. The quantitative estimate of drug-likeness (QED) is 0.836. The van der Waals surface area contributed by atoms with E-state index < -0.39 is 6.43 Å². The molecule has 17 heavy (non-hydrogen) atoms.